The number of alkyl halides is 2. The van der Waals surface area contributed by atoms with Gasteiger partial charge in [0.1, 0.15) is 0 Å². The van der Waals surface area contributed by atoms with Crippen LogP contribution in [0.5, 0.6) is 0 Å². The first kappa shape index (κ1) is 8.78. The van der Waals surface area contributed by atoms with Crippen molar-refractivity contribution in [2.75, 3.05) is 6.61 Å². The Bertz CT molecular complexity index is 77.4. The van der Waals surface area contributed by atoms with Crippen LogP contribution >= 0.6 is 0 Å². The van der Waals surface area contributed by atoms with Gasteiger partial charge in [-0.25, -0.2) is 14.7 Å². The molecular formula is C5H11F2NO. The lowest BCUT2D eigenvalue weighted by molar-refractivity contribution is -0.0363. The summed E-state index contributed by atoms with van der Waals surface area (Å²) < 4.78 is 24.4. The normalized spacial score (nSPS) is 12.0. The fraction of sp³-hybridized carbons (Fsp3) is 1.00. The Morgan fingerprint density at radius 2 is 2.11 bits per heavy atom. The van der Waals surface area contributed by atoms with Crippen molar-refractivity contribution in [3.63, 3.8) is 0 Å². The van der Waals surface area contributed by atoms with Crippen molar-refractivity contribution >= 4 is 0 Å². The lowest BCUT2D eigenvalue weighted by Crippen LogP contribution is -2.18. The second-order valence-corrected chi connectivity index (χ2v) is 1.83. The van der Waals surface area contributed by atoms with Crippen LogP contribution in [0.2, 0.25) is 0 Å². The van der Waals surface area contributed by atoms with E-state index < -0.39 is 5.92 Å². The highest BCUT2D eigenvalue weighted by molar-refractivity contribution is 4.61. The van der Waals surface area contributed by atoms with Gasteiger partial charge in [-0.05, 0) is 0 Å². The maximum absolute atomic E-state index is 12.2. The molecule has 0 fully saturated rings. The van der Waals surface area contributed by atoms with E-state index in [2.05, 4.69) is 10.7 Å². The lowest BCUT2D eigenvalue weighted by atomic mass is 10.2. The smallest absolute Gasteiger partial charge is 0.250 e. The molecule has 2 N–H and O–H groups in total. The quantitative estimate of drug-likeness (QED) is 0.596. The van der Waals surface area contributed by atoms with Crippen molar-refractivity contribution in [1.29, 1.82) is 0 Å². The van der Waals surface area contributed by atoms with Gasteiger partial charge in [-0.15, -0.1) is 0 Å². The predicted molar refractivity (Wildman–Crippen MR) is 30.0 cm³/mol. The molecule has 0 unspecified atom stereocenters. The molecule has 0 rings (SSSR count). The molecule has 0 heterocycles. The zero-order valence-electron chi connectivity index (χ0n) is 5.36. The Kier molecular flexibility index (Phi) is 3.65. The SMILES string of the molecule is CCC(F)(F)CCON. The van der Waals surface area contributed by atoms with Gasteiger partial charge < -0.3 is 4.84 Å². The molecule has 0 aliphatic heterocycles. The Hall–Kier alpha value is -0.220. The van der Waals surface area contributed by atoms with Crippen LogP contribution in [0.3, 0.4) is 0 Å². The molecule has 0 aromatic carbocycles. The Morgan fingerprint density at radius 3 is 2.44 bits per heavy atom. The molecule has 9 heavy (non-hydrogen) atoms. The van der Waals surface area contributed by atoms with Crippen LogP contribution in [0.15, 0.2) is 0 Å². The highest BCUT2D eigenvalue weighted by atomic mass is 19.3. The average Bonchev–Trinajstić information content (AvgIpc) is 1.84. The molecule has 0 aliphatic carbocycles. The summed E-state index contributed by atoms with van der Waals surface area (Å²) in [6, 6.07) is 0. The summed E-state index contributed by atoms with van der Waals surface area (Å²) in [5.41, 5.74) is 0. The van der Waals surface area contributed by atoms with Crippen molar-refractivity contribution in [1.82, 2.24) is 0 Å². The monoisotopic (exact) mass is 139 g/mol. The van der Waals surface area contributed by atoms with Crippen molar-refractivity contribution < 1.29 is 13.6 Å². The fourth-order valence-electron chi connectivity index (χ4n) is 0.385. The maximum Gasteiger partial charge on any atom is 0.250 e. The third-order valence-electron chi connectivity index (χ3n) is 1.10. The zero-order chi connectivity index (χ0) is 7.33. The van der Waals surface area contributed by atoms with Crippen LogP contribution in [0, 0.1) is 0 Å². The van der Waals surface area contributed by atoms with Gasteiger partial charge in [0, 0.05) is 12.8 Å². The molecule has 4 heteroatoms. The van der Waals surface area contributed by atoms with E-state index in [-0.39, 0.29) is 19.4 Å². The molecule has 0 spiro atoms. The van der Waals surface area contributed by atoms with Crippen LogP contribution in [0.4, 0.5) is 8.78 Å². The fourth-order valence-corrected chi connectivity index (χ4v) is 0.385. The highest BCUT2D eigenvalue weighted by Gasteiger charge is 2.24. The van der Waals surface area contributed by atoms with Crippen LogP contribution in [0.25, 0.3) is 0 Å². The van der Waals surface area contributed by atoms with Crippen molar-refractivity contribution in [2.24, 2.45) is 5.90 Å². The molecular weight excluding hydrogens is 128 g/mol. The largest absolute Gasteiger partial charge is 0.304 e. The van der Waals surface area contributed by atoms with E-state index in [0.29, 0.717) is 0 Å². The minimum absolute atomic E-state index is 0.0825. The molecule has 0 saturated heterocycles. The molecule has 0 amide bonds. The predicted octanol–water partition coefficient (Wildman–Crippen LogP) is 1.31. The average molecular weight is 139 g/mol. The second kappa shape index (κ2) is 3.74. The highest BCUT2D eigenvalue weighted by Crippen LogP contribution is 2.21. The summed E-state index contributed by atoms with van der Waals surface area (Å²) in [4.78, 5) is 4.00. The first-order chi connectivity index (χ1) is 4.12. The number of hydrogen-bond acceptors (Lipinski definition) is 2. The van der Waals surface area contributed by atoms with Gasteiger partial charge in [0.25, 0.3) is 0 Å². The minimum Gasteiger partial charge on any atom is -0.304 e. The standard InChI is InChI=1S/C5H11F2NO/c1-2-5(6,7)3-4-9-8/h2-4,8H2,1H3. The molecule has 0 saturated carbocycles. The van der Waals surface area contributed by atoms with Gasteiger partial charge in [-0.1, -0.05) is 6.92 Å². The topological polar surface area (TPSA) is 35.2 Å². The van der Waals surface area contributed by atoms with Crippen molar-refractivity contribution in [2.45, 2.75) is 25.7 Å². The Morgan fingerprint density at radius 1 is 1.56 bits per heavy atom. The molecule has 0 radical (unpaired) electrons. The molecule has 0 aromatic heterocycles. The summed E-state index contributed by atoms with van der Waals surface area (Å²) in [6.45, 7) is 1.34. The zero-order valence-corrected chi connectivity index (χ0v) is 5.36. The van der Waals surface area contributed by atoms with Crippen LogP contribution in [-0.4, -0.2) is 12.5 Å². The summed E-state index contributed by atoms with van der Waals surface area (Å²) in [5, 5.41) is 0. The van der Waals surface area contributed by atoms with E-state index in [9.17, 15) is 8.78 Å². The van der Waals surface area contributed by atoms with Crippen LogP contribution < -0.4 is 5.90 Å². The first-order valence-electron chi connectivity index (χ1n) is 2.82. The third kappa shape index (κ3) is 4.29. The molecule has 0 bridgehead atoms. The number of halogens is 2. The van der Waals surface area contributed by atoms with Gasteiger partial charge >= 0.3 is 0 Å². The van der Waals surface area contributed by atoms with E-state index in [4.69, 9.17) is 0 Å². The minimum atomic E-state index is -2.61. The Balaban J connectivity index is 3.33. The van der Waals surface area contributed by atoms with Gasteiger partial charge in [0.15, 0.2) is 0 Å². The van der Waals surface area contributed by atoms with E-state index in [1.165, 1.54) is 6.92 Å². The van der Waals surface area contributed by atoms with E-state index >= 15 is 0 Å². The van der Waals surface area contributed by atoms with Crippen molar-refractivity contribution in [3.05, 3.63) is 0 Å². The number of nitrogens with two attached hydrogens (primary N) is 1. The number of rotatable bonds is 4. The molecule has 0 aromatic rings. The lowest BCUT2D eigenvalue weighted by Gasteiger charge is -2.11. The summed E-state index contributed by atoms with van der Waals surface area (Å²) in [6.07, 6.45) is -0.448. The summed E-state index contributed by atoms with van der Waals surface area (Å²) in [7, 11) is 0. The molecule has 0 aliphatic rings. The molecule has 56 valence electrons. The summed E-state index contributed by atoms with van der Waals surface area (Å²) >= 11 is 0. The van der Waals surface area contributed by atoms with Gasteiger partial charge in [-0.3, -0.25) is 0 Å². The number of hydrogen-bond donors (Lipinski definition) is 1. The van der Waals surface area contributed by atoms with Gasteiger partial charge in [-0.2, -0.15) is 0 Å². The van der Waals surface area contributed by atoms with E-state index in [1.54, 1.807) is 0 Å². The van der Waals surface area contributed by atoms with Gasteiger partial charge in [0.05, 0.1) is 6.61 Å². The van der Waals surface area contributed by atoms with Crippen molar-refractivity contribution in [3.8, 4) is 0 Å². The first-order valence-corrected chi connectivity index (χ1v) is 2.82. The Labute approximate surface area is 52.9 Å². The van der Waals surface area contributed by atoms with E-state index in [0.717, 1.165) is 0 Å². The van der Waals surface area contributed by atoms with Crippen LogP contribution in [-0.2, 0) is 4.84 Å². The van der Waals surface area contributed by atoms with Crippen LogP contribution in [0.1, 0.15) is 19.8 Å². The maximum atomic E-state index is 12.2. The third-order valence-corrected chi connectivity index (χ3v) is 1.10. The van der Waals surface area contributed by atoms with E-state index in [1.807, 2.05) is 0 Å². The molecule has 0 atom stereocenters. The summed E-state index contributed by atoms with van der Waals surface area (Å²) in [5.74, 6) is 1.95. The molecule has 2 nitrogen and oxygen atoms in total. The second-order valence-electron chi connectivity index (χ2n) is 1.83. The van der Waals surface area contributed by atoms with Gasteiger partial charge in [0.2, 0.25) is 5.92 Å².